The Balaban J connectivity index is 1.58. The summed E-state index contributed by atoms with van der Waals surface area (Å²) in [5.74, 6) is -0.598. The van der Waals surface area contributed by atoms with Crippen LogP contribution in [0, 0.1) is 11.3 Å². The predicted octanol–water partition coefficient (Wildman–Crippen LogP) is 0.330. The fourth-order valence-corrected chi connectivity index (χ4v) is 4.30. The lowest BCUT2D eigenvalue weighted by Gasteiger charge is -2.15. The largest absolute Gasteiger partial charge is 0.473 e. The molecule has 4 rings (SSSR count). The number of aryl methyl sites for hydroxylation is 1. The van der Waals surface area contributed by atoms with Gasteiger partial charge in [-0.3, -0.25) is 9.59 Å². The number of nitrogens with two attached hydrogens (primary N) is 1. The number of rotatable bonds is 7. The smallest absolute Gasteiger partial charge is 0.263 e. The Kier molecular flexibility index (Phi) is 5.61. The van der Waals surface area contributed by atoms with Crippen LogP contribution in [0.2, 0.25) is 0 Å². The lowest BCUT2D eigenvalue weighted by atomic mass is 10.1. The molecule has 0 atom stereocenters. The van der Waals surface area contributed by atoms with Gasteiger partial charge in [0.2, 0.25) is 10.0 Å². The van der Waals surface area contributed by atoms with Gasteiger partial charge in [-0.05, 0) is 36.6 Å². The number of fused-ring (bicyclic) bond motifs is 1. The van der Waals surface area contributed by atoms with Crippen molar-refractivity contribution >= 4 is 26.8 Å². The summed E-state index contributed by atoms with van der Waals surface area (Å²) in [5, 5.41) is 25.0. The summed E-state index contributed by atoms with van der Waals surface area (Å²) < 4.78 is 29.3. The molecule has 1 aromatic carbocycles. The van der Waals surface area contributed by atoms with Crippen LogP contribution in [0.25, 0.3) is 10.9 Å². The molecule has 12 heteroatoms. The van der Waals surface area contributed by atoms with E-state index in [1.54, 1.807) is 24.3 Å². The second-order valence-corrected chi connectivity index (χ2v) is 9.84. The highest BCUT2D eigenvalue weighted by atomic mass is 32.2. The molecule has 1 fully saturated rings. The fourth-order valence-electron chi connectivity index (χ4n) is 3.40. The molecular formula is C21H20N6O5S. The second-order valence-electron chi connectivity index (χ2n) is 7.88. The average Bonchev–Trinajstić information content (AvgIpc) is 3.60. The van der Waals surface area contributed by atoms with Gasteiger partial charge in [-0.25, -0.2) is 13.6 Å². The van der Waals surface area contributed by atoms with Gasteiger partial charge in [0, 0.05) is 19.0 Å². The number of hydrogen-bond donors (Lipinski definition) is 2. The third-order valence-electron chi connectivity index (χ3n) is 5.66. The lowest BCUT2D eigenvalue weighted by molar-refractivity contribution is 0.0949. The van der Waals surface area contributed by atoms with Gasteiger partial charge in [0.15, 0.2) is 0 Å². The summed E-state index contributed by atoms with van der Waals surface area (Å²) in [6.45, 7) is -0.0367. The monoisotopic (exact) mass is 468 g/mol. The van der Waals surface area contributed by atoms with Gasteiger partial charge in [0.1, 0.15) is 22.4 Å². The van der Waals surface area contributed by atoms with E-state index in [9.17, 15) is 18.0 Å². The molecule has 0 bridgehead atoms. The highest BCUT2D eigenvalue weighted by Gasteiger charge is 2.54. The number of hydrogen-bond acceptors (Lipinski definition) is 8. The van der Waals surface area contributed by atoms with E-state index in [-0.39, 0.29) is 30.1 Å². The number of benzene rings is 1. The van der Waals surface area contributed by atoms with E-state index in [1.807, 2.05) is 6.07 Å². The molecule has 1 aliphatic carbocycles. The van der Waals surface area contributed by atoms with Crippen molar-refractivity contribution in [2.75, 3.05) is 6.61 Å². The molecule has 2 aromatic heterocycles. The maximum Gasteiger partial charge on any atom is 0.263 e. The Labute approximate surface area is 188 Å². The summed E-state index contributed by atoms with van der Waals surface area (Å²) in [7, 11) is -2.33. The maximum atomic E-state index is 12.9. The van der Waals surface area contributed by atoms with Crippen molar-refractivity contribution in [1.82, 2.24) is 20.1 Å². The Morgan fingerprint density at radius 1 is 1.33 bits per heavy atom. The number of primary sulfonamides is 1. The molecular weight excluding hydrogens is 448 g/mol. The van der Waals surface area contributed by atoms with E-state index in [2.05, 4.69) is 15.5 Å². The van der Waals surface area contributed by atoms with Crippen LogP contribution in [0.5, 0.6) is 5.88 Å². The van der Waals surface area contributed by atoms with Gasteiger partial charge >= 0.3 is 0 Å². The van der Waals surface area contributed by atoms with Crippen LogP contribution >= 0.6 is 0 Å². The first-order valence-electron chi connectivity index (χ1n) is 9.93. The number of amides is 1. The predicted molar refractivity (Wildman–Crippen MR) is 118 cm³/mol. The van der Waals surface area contributed by atoms with Crippen LogP contribution in [-0.2, 0) is 23.6 Å². The number of carbonyl (C=O) groups excluding carboxylic acids is 1. The van der Waals surface area contributed by atoms with Crippen LogP contribution in [-0.4, -0.2) is 40.4 Å². The van der Waals surface area contributed by atoms with Gasteiger partial charge < -0.3 is 14.6 Å². The van der Waals surface area contributed by atoms with Crippen molar-refractivity contribution in [2.24, 2.45) is 12.2 Å². The standard InChI is InChI=1S/C21H20N6O5S/c1-27-17-15(11-25-26-19(17)32-12-21(6-7-21)33(23,30)31)8-16(20(27)29)18(28)24-10-14-4-2-13(9-22)3-5-14/h2-5,8,11H,6-7,10,12H2,1H3,(H,24,28)(H2,23,30,31). The minimum absolute atomic E-state index is 0.0217. The Morgan fingerprint density at radius 3 is 2.64 bits per heavy atom. The van der Waals surface area contributed by atoms with E-state index >= 15 is 0 Å². The summed E-state index contributed by atoms with van der Waals surface area (Å²) >= 11 is 0. The molecule has 3 aromatic rings. The van der Waals surface area contributed by atoms with Gasteiger partial charge in [-0.15, -0.1) is 5.10 Å². The van der Waals surface area contributed by atoms with E-state index in [0.29, 0.717) is 23.8 Å². The number of carbonyl (C=O) groups is 1. The van der Waals surface area contributed by atoms with E-state index in [4.69, 9.17) is 15.1 Å². The summed E-state index contributed by atoms with van der Waals surface area (Å²) in [6, 6.07) is 10.1. The van der Waals surface area contributed by atoms with Crippen molar-refractivity contribution in [3.63, 3.8) is 0 Å². The Morgan fingerprint density at radius 2 is 2.03 bits per heavy atom. The third-order valence-corrected chi connectivity index (χ3v) is 7.39. The summed E-state index contributed by atoms with van der Waals surface area (Å²) in [4.78, 5) is 25.6. The summed E-state index contributed by atoms with van der Waals surface area (Å²) in [6.07, 6.45) is 2.14. The zero-order valence-corrected chi connectivity index (χ0v) is 18.4. The number of ether oxygens (including phenoxy) is 1. The minimum Gasteiger partial charge on any atom is -0.473 e. The molecule has 1 aliphatic rings. The number of sulfonamides is 1. The Hall–Kier alpha value is -3.82. The number of nitriles is 1. The number of nitrogens with one attached hydrogen (secondary N) is 1. The number of pyridine rings is 1. The van der Waals surface area contributed by atoms with Gasteiger partial charge in [0.05, 0.1) is 17.8 Å². The molecule has 0 spiro atoms. The quantitative estimate of drug-likeness (QED) is 0.499. The number of nitrogens with zero attached hydrogens (tertiary/aromatic N) is 4. The molecule has 0 saturated heterocycles. The second kappa shape index (κ2) is 8.27. The zero-order valence-electron chi connectivity index (χ0n) is 17.6. The van der Waals surface area contributed by atoms with Gasteiger partial charge in [0.25, 0.3) is 17.3 Å². The molecule has 0 unspecified atom stereocenters. The molecule has 170 valence electrons. The summed E-state index contributed by atoms with van der Waals surface area (Å²) in [5.41, 5.74) is 0.879. The van der Waals surface area contributed by atoms with Crippen LogP contribution < -0.4 is 20.8 Å². The number of aromatic nitrogens is 3. The average molecular weight is 468 g/mol. The highest BCUT2D eigenvalue weighted by molar-refractivity contribution is 7.90. The SMILES string of the molecule is Cn1c(=O)c(C(=O)NCc2ccc(C#N)cc2)cc2cnnc(OCC3(S(N)(=O)=O)CC3)c21. The topological polar surface area (TPSA) is 170 Å². The molecule has 11 nitrogen and oxygen atoms in total. The van der Waals surface area contributed by atoms with Crippen LogP contribution in [0.3, 0.4) is 0 Å². The van der Waals surface area contributed by atoms with E-state index in [0.717, 1.165) is 5.56 Å². The van der Waals surface area contributed by atoms with Crippen molar-refractivity contribution in [3.8, 4) is 11.9 Å². The van der Waals surface area contributed by atoms with Gasteiger partial charge in [-0.1, -0.05) is 12.1 Å². The van der Waals surface area contributed by atoms with Crippen LogP contribution in [0.4, 0.5) is 0 Å². The van der Waals surface area contributed by atoms with Crippen molar-refractivity contribution in [2.45, 2.75) is 24.1 Å². The van der Waals surface area contributed by atoms with E-state index in [1.165, 1.54) is 23.9 Å². The molecule has 1 amide bonds. The molecule has 0 radical (unpaired) electrons. The molecule has 1 saturated carbocycles. The normalized spacial score (nSPS) is 14.5. The van der Waals surface area contributed by atoms with Crippen LogP contribution in [0.15, 0.2) is 41.3 Å². The molecule has 0 aliphatic heterocycles. The first-order valence-corrected chi connectivity index (χ1v) is 11.5. The third kappa shape index (κ3) is 4.28. The van der Waals surface area contributed by atoms with E-state index < -0.39 is 26.2 Å². The highest BCUT2D eigenvalue weighted by Crippen LogP contribution is 2.42. The lowest BCUT2D eigenvalue weighted by Crippen LogP contribution is -2.36. The molecule has 3 N–H and O–H groups in total. The van der Waals surface area contributed by atoms with Crippen LogP contribution in [0.1, 0.15) is 34.3 Å². The van der Waals surface area contributed by atoms with Crippen molar-refractivity contribution in [3.05, 3.63) is 63.6 Å². The van der Waals surface area contributed by atoms with Crippen molar-refractivity contribution in [1.29, 1.82) is 5.26 Å². The maximum absolute atomic E-state index is 12.9. The molecule has 2 heterocycles. The van der Waals surface area contributed by atoms with Crippen molar-refractivity contribution < 1.29 is 17.9 Å². The zero-order chi connectivity index (χ0) is 23.8. The first kappa shape index (κ1) is 22.4. The fraction of sp³-hybridized carbons (Fsp3) is 0.286. The van der Waals surface area contributed by atoms with Gasteiger partial charge in [-0.2, -0.15) is 10.4 Å². The first-order chi connectivity index (χ1) is 15.6. The minimum atomic E-state index is -3.79. The molecule has 33 heavy (non-hydrogen) atoms. The Bertz CT molecular complexity index is 1450.